The third kappa shape index (κ3) is 4.47. The molecule has 1 aromatic carbocycles. The fraction of sp³-hybridized carbons (Fsp3) is 0.550. The van der Waals surface area contributed by atoms with Crippen LogP contribution < -0.4 is 5.56 Å². The maximum atomic E-state index is 12.6. The van der Waals surface area contributed by atoms with E-state index in [1.807, 2.05) is 24.0 Å². The molecule has 0 aliphatic heterocycles. The highest BCUT2D eigenvalue weighted by Crippen LogP contribution is 2.12. The van der Waals surface area contributed by atoms with Gasteiger partial charge in [0.15, 0.2) is 0 Å². The first-order valence-electron chi connectivity index (χ1n) is 9.23. The molecular weight excluding hydrogens is 314 g/mol. The van der Waals surface area contributed by atoms with Crippen LogP contribution in [-0.2, 0) is 11.3 Å². The first kappa shape index (κ1) is 19.2. The number of unbranched alkanes of at least 4 members (excludes halogenated alkanes) is 1. The number of hydrogen-bond donors (Lipinski definition) is 0. The molecule has 5 nitrogen and oxygen atoms in total. The fourth-order valence-electron chi connectivity index (χ4n) is 3.00. The van der Waals surface area contributed by atoms with E-state index in [-0.39, 0.29) is 17.5 Å². The average molecular weight is 343 g/mol. The molecule has 2 aromatic rings. The standard InChI is InChI=1S/C20H29N3O2/c1-5-7-12-23(16(4)6-2)18(24)11-13-22-14-21-19-15(3)9-8-10-17(19)20(22)25/h8-10,14,16H,5-7,11-13H2,1-4H3. The molecule has 0 spiro atoms. The number of fused-ring (bicyclic) bond motifs is 1. The van der Waals surface area contributed by atoms with Gasteiger partial charge in [-0.05, 0) is 38.3 Å². The van der Waals surface area contributed by atoms with E-state index in [2.05, 4.69) is 25.8 Å². The Morgan fingerprint density at radius 1 is 1.32 bits per heavy atom. The van der Waals surface area contributed by atoms with E-state index >= 15 is 0 Å². The van der Waals surface area contributed by atoms with Crippen molar-refractivity contribution >= 4 is 16.8 Å². The molecule has 1 atom stereocenters. The van der Waals surface area contributed by atoms with Crippen molar-refractivity contribution in [3.05, 3.63) is 40.4 Å². The summed E-state index contributed by atoms with van der Waals surface area (Å²) < 4.78 is 1.55. The summed E-state index contributed by atoms with van der Waals surface area (Å²) in [6, 6.07) is 5.84. The Kier molecular flexibility index (Phi) is 6.73. The van der Waals surface area contributed by atoms with Crippen molar-refractivity contribution in [2.45, 2.75) is 66.0 Å². The minimum atomic E-state index is -0.0786. The Hall–Kier alpha value is -2.17. The predicted octanol–water partition coefficient (Wildman–Crippen LogP) is 3.52. The third-order valence-electron chi connectivity index (χ3n) is 4.82. The molecule has 0 N–H and O–H groups in total. The van der Waals surface area contributed by atoms with Crippen LogP contribution >= 0.6 is 0 Å². The van der Waals surface area contributed by atoms with E-state index in [1.54, 1.807) is 17.0 Å². The largest absolute Gasteiger partial charge is 0.340 e. The van der Waals surface area contributed by atoms with Crippen LogP contribution in [0.5, 0.6) is 0 Å². The zero-order chi connectivity index (χ0) is 18.4. The summed E-state index contributed by atoms with van der Waals surface area (Å²) in [7, 11) is 0. The summed E-state index contributed by atoms with van der Waals surface area (Å²) in [6.07, 6.45) is 4.89. The van der Waals surface area contributed by atoms with E-state index in [0.29, 0.717) is 18.4 Å². The lowest BCUT2D eigenvalue weighted by atomic mass is 10.1. The van der Waals surface area contributed by atoms with Crippen LogP contribution in [0.2, 0.25) is 0 Å². The fourth-order valence-corrected chi connectivity index (χ4v) is 3.00. The number of amides is 1. The summed E-state index contributed by atoms with van der Waals surface area (Å²) in [5.74, 6) is 0.110. The van der Waals surface area contributed by atoms with Crippen molar-refractivity contribution in [2.24, 2.45) is 0 Å². The van der Waals surface area contributed by atoms with E-state index < -0.39 is 0 Å². The topological polar surface area (TPSA) is 55.2 Å². The molecule has 25 heavy (non-hydrogen) atoms. The smallest absolute Gasteiger partial charge is 0.261 e. The van der Waals surface area contributed by atoms with Crippen LogP contribution in [0.4, 0.5) is 0 Å². The summed E-state index contributed by atoms with van der Waals surface area (Å²) >= 11 is 0. The molecule has 0 radical (unpaired) electrons. The second-order valence-electron chi connectivity index (χ2n) is 6.66. The lowest BCUT2D eigenvalue weighted by molar-refractivity contribution is -0.133. The van der Waals surface area contributed by atoms with Crippen LogP contribution in [0, 0.1) is 6.92 Å². The Balaban J connectivity index is 2.14. The van der Waals surface area contributed by atoms with E-state index in [4.69, 9.17) is 0 Å². The number of hydrogen-bond acceptors (Lipinski definition) is 3. The number of carbonyl (C=O) groups is 1. The Morgan fingerprint density at radius 3 is 2.76 bits per heavy atom. The Labute approximate surface area is 149 Å². The summed E-state index contributed by atoms with van der Waals surface area (Å²) in [4.78, 5) is 31.6. The van der Waals surface area contributed by atoms with Gasteiger partial charge in [0.05, 0.1) is 17.2 Å². The molecule has 1 heterocycles. The maximum absolute atomic E-state index is 12.6. The van der Waals surface area contributed by atoms with Gasteiger partial charge in [0.2, 0.25) is 5.91 Å². The quantitative estimate of drug-likeness (QED) is 0.737. The van der Waals surface area contributed by atoms with Gasteiger partial charge in [-0.3, -0.25) is 14.2 Å². The molecule has 0 aliphatic carbocycles. The number of carbonyl (C=O) groups excluding carboxylic acids is 1. The molecule has 2 rings (SSSR count). The highest BCUT2D eigenvalue weighted by Gasteiger charge is 2.18. The molecule has 136 valence electrons. The van der Waals surface area contributed by atoms with E-state index in [0.717, 1.165) is 36.9 Å². The highest BCUT2D eigenvalue weighted by molar-refractivity contribution is 5.80. The van der Waals surface area contributed by atoms with Crippen molar-refractivity contribution in [1.82, 2.24) is 14.5 Å². The molecule has 1 aromatic heterocycles. The summed E-state index contributed by atoms with van der Waals surface area (Å²) in [6.45, 7) is 9.40. The normalized spacial score (nSPS) is 12.3. The highest BCUT2D eigenvalue weighted by atomic mass is 16.2. The van der Waals surface area contributed by atoms with Crippen LogP contribution in [0.15, 0.2) is 29.3 Å². The van der Waals surface area contributed by atoms with Crippen molar-refractivity contribution in [3.63, 3.8) is 0 Å². The first-order chi connectivity index (χ1) is 12.0. The van der Waals surface area contributed by atoms with Crippen LogP contribution in [0.3, 0.4) is 0 Å². The zero-order valence-electron chi connectivity index (χ0n) is 15.8. The minimum Gasteiger partial charge on any atom is -0.340 e. The second kappa shape index (κ2) is 8.79. The van der Waals surface area contributed by atoms with Crippen molar-refractivity contribution in [1.29, 1.82) is 0 Å². The van der Waals surface area contributed by atoms with Gasteiger partial charge in [0, 0.05) is 25.6 Å². The summed E-state index contributed by atoms with van der Waals surface area (Å²) in [5.41, 5.74) is 1.64. The van der Waals surface area contributed by atoms with Gasteiger partial charge in [-0.2, -0.15) is 0 Å². The number of rotatable bonds is 8. The molecule has 0 saturated carbocycles. The Morgan fingerprint density at radius 2 is 2.08 bits per heavy atom. The third-order valence-corrected chi connectivity index (χ3v) is 4.82. The SMILES string of the molecule is CCCCN(C(=O)CCn1cnc2c(C)cccc2c1=O)C(C)CC. The number of nitrogens with zero attached hydrogens (tertiary/aromatic N) is 3. The van der Waals surface area contributed by atoms with Crippen molar-refractivity contribution in [2.75, 3.05) is 6.54 Å². The van der Waals surface area contributed by atoms with Gasteiger partial charge in [0.1, 0.15) is 0 Å². The number of aryl methyl sites for hydroxylation is 2. The van der Waals surface area contributed by atoms with Crippen molar-refractivity contribution in [3.8, 4) is 0 Å². The van der Waals surface area contributed by atoms with E-state index in [1.165, 1.54) is 0 Å². The molecule has 0 fully saturated rings. The van der Waals surface area contributed by atoms with Gasteiger partial charge >= 0.3 is 0 Å². The van der Waals surface area contributed by atoms with Crippen LogP contribution in [0.25, 0.3) is 10.9 Å². The molecule has 1 unspecified atom stereocenters. The summed E-state index contributed by atoms with van der Waals surface area (Å²) in [5, 5.41) is 0.611. The van der Waals surface area contributed by atoms with Gasteiger partial charge in [-0.1, -0.05) is 32.4 Å². The molecule has 5 heteroatoms. The van der Waals surface area contributed by atoms with E-state index in [9.17, 15) is 9.59 Å². The lowest BCUT2D eigenvalue weighted by Crippen LogP contribution is -2.39. The maximum Gasteiger partial charge on any atom is 0.261 e. The van der Waals surface area contributed by atoms with Gasteiger partial charge < -0.3 is 4.90 Å². The predicted molar refractivity (Wildman–Crippen MR) is 102 cm³/mol. The molecule has 0 saturated heterocycles. The first-order valence-corrected chi connectivity index (χ1v) is 9.23. The van der Waals surface area contributed by atoms with Crippen LogP contribution in [0.1, 0.15) is 52.0 Å². The molecule has 1 amide bonds. The van der Waals surface area contributed by atoms with Gasteiger partial charge in [-0.25, -0.2) is 4.98 Å². The van der Waals surface area contributed by atoms with Crippen molar-refractivity contribution < 1.29 is 4.79 Å². The zero-order valence-corrected chi connectivity index (χ0v) is 15.8. The monoisotopic (exact) mass is 343 g/mol. The Bertz CT molecular complexity index is 782. The molecule has 0 aliphatic rings. The minimum absolute atomic E-state index is 0.0786. The number of para-hydroxylation sites is 1. The molecular formula is C20H29N3O2. The number of aromatic nitrogens is 2. The van der Waals surface area contributed by atoms with Gasteiger partial charge in [0.25, 0.3) is 5.56 Å². The van der Waals surface area contributed by atoms with Crippen LogP contribution in [-0.4, -0.2) is 32.9 Å². The average Bonchev–Trinajstić information content (AvgIpc) is 2.61. The second-order valence-corrected chi connectivity index (χ2v) is 6.66. The van der Waals surface area contributed by atoms with Gasteiger partial charge in [-0.15, -0.1) is 0 Å². The lowest BCUT2D eigenvalue weighted by Gasteiger charge is -2.28. The number of benzene rings is 1. The molecule has 0 bridgehead atoms.